The summed E-state index contributed by atoms with van der Waals surface area (Å²) in [6.07, 6.45) is 4.37. The first-order valence-corrected chi connectivity index (χ1v) is 17.2. The zero-order chi connectivity index (χ0) is 34.9. The Hall–Kier alpha value is -4.55. The van der Waals surface area contributed by atoms with Crippen molar-refractivity contribution in [3.05, 3.63) is 73.8 Å². The second-order valence-electron chi connectivity index (χ2n) is 13.2. The highest BCUT2D eigenvalue weighted by atomic mass is 16.5. The van der Waals surface area contributed by atoms with Crippen LogP contribution in [0, 0.1) is 17.8 Å². The number of carbonyl (C=O) groups excluding carboxylic acids is 3. The fraction of sp³-hybridized carbons (Fsp3) is 0.486. The highest BCUT2D eigenvalue weighted by molar-refractivity contribution is 6.03. The molecule has 7 atom stereocenters. The Morgan fingerprint density at radius 1 is 1.12 bits per heavy atom. The normalized spacial score (nSPS) is 25.2. The molecule has 6 rings (SSSR count). The molecule has 3 aliphatic rings. The summed E-state index contributed by atoms with van der Waals surface area (Å²) in [7, 11) is 0. The number of fused-ring (bicyclic) bond motifs is 2. The van der Waals surface area contributed by atoms with Gasteiger partial charge in [0.2, 0.25) is 17.7 Å². The van der Waals surface area contributed by atoms with Crippen molar-refractivity contribution in [2.45, 2.75) is 70.5 Å². The maximum Gasteiger partial charge on any atom is 0.250 e. The van der Waals surface area contributed by atoms with Gasteiger partial charge in [-0.1, -0.05) is 49.8 Å². The van der Waals surface area contributed by atoms with E-state index in [2.05, 4.69) is 23.5 Å². The SMILES string of the molecule is C=CCN(Cn1nnc2ccccc21)C(=O)C1N([C@@H](CO)[C@@H](C)CC)C(=O)[C@@H]2[C@H](C(=O)N(CC=C)c3ccc(OCC)cc3)[C@@H]3CCC12O3. The van der Waals surface area contributed by atoms with Gasteiger partial charge in [0.15, 0.2) is 0 Å². The third-order valence-corrected chi connectivity index (χ3v) is 10.5. The summed E-state index contributed by atoms with van der Waals surface area (Å²) < 4.78 is 14.0. The number of hydrogen-bond acceptors (Lipinski definition) is 8. The molecule has 0 radical (unpaired) electrons. The van der Waals surface area contributed by atoms with Gasteiger partial charge in [-0.3, -0.25) is 14.4 Å². The fourth-order valence-electron chi connectivity index (χ4n) is 8.07. The number of aliphatic hydroxyl groups excluding tert-OH is 1. The number of anilines is 1. The van der Waals surface area contributed by atoms with Crippen LogP contribution in [-0.4, -0.2) is 97.7 Å². The second-order valence-corrected chi connectivity index (χ2v) is 13.2. The Balaban J connectivity index is 1.40. The van der Waals surface area contributed by atoms with E-state index in [0.717, 1.165) is 5.52 Å². The topological polar surface area (TPSA) is 130 Å². The summed E-state index contributed by atoms with van der Waals surface area (Å²) in [5, 5.41) is 19.3. The van der Waals surface area contributed by atoms with Crippen LogP contribution >= 0.6 is 0 Å². The van der Waals surface area contributed by atoms with Crippen LogP contribution in [0.25, 0.3) is 11.0 Å². The summed E-state index contributed by atoms with van der Waals surface area (Å²) in [6.45, 7) is 14.3. The van der Waals surface area contributed by atoms with E-state index in [0.29, 0.717) is 42.8 Å². The van der Waals surface area contributed by atoms with Crippen LogP contribution in [0.4, 0.5) is 5.69 Å². The molecule has 2 bridgehead atoms. The van der Waals surface area contributed by atoms with E-state index in [1.165, 1.54) is 0 Å². The van der Waals surface area contributed by atoms with Gasteiger partial charge in [-0.15, -0.1) is 18.3 Å². The number of carbonyl (C=O) groups is 3. The molecular weight excluding hydrogens is 624 g/mol. The van der Waals surface area contributed by atoms with Crippen molar-refractivity contribution in [3.63, 3.8) is 0 Å². The highest BCUT2D eigenvalue weighted by Crippen LogP contribution is 2.59. The average molecular weight is 671 g/mol. The Labute approximate surface area is 286 Å². The van der Waals surface area contributed by atoms with Crippen LogP contribution < -0.4 is 9.64 Å². The monoisotopic (exact) mass is 670 g/mol. The van der Waals surface area contributed by atoms with Gasteiger partial charge in [-0.05, 0) is 62.1 Å². The number of likely N-dealkylation sites (tertiary alicyclic amines) is 1. The van der Waals surface area contributed by atoms with Gasteiger partial charge in [0.1, 0.15) is 29.6 Å². The lowest BCUT2D eigenvalue weighted by Gasteiger charge is -2.40. The maximum absolute atomic E-state index is 15.0. The minimum Gasteiger partial charge on any atom is -0.494 e. The lowest BCUT2D eigenvalue weighted by Crippen LogP contribution is -2.60. The van der Waals surface area contributed by atoms with E-state index < -0.39 is 35.6 Å². The molecule has 3 aromatic rings. The Morgan fingerprint density at radius 3 is 2.53 bits per heavy atom. The number of para-hydroxylation sites is 1. The molecule has 3 saturated heterocycles. The van der Waals surface area contributed by atoms with Gasteiger partial charge in [0.25, 0.3) is 0 Å². The van der Waals surface area contributed by atoms with Crippen molar-refractivity contribution < 1.29 is 29.0 Å². The summed E-state index contributed by atoms with van der Waals surface area (Å²) >= 11 is 0. The Bertz CT molecular complexity index is 1710. The van der Waals surface area contributed by atoms with Crippen LogP contribution in [0.3, 0.4) is 0 Å². The summed E-state index contributed by atoms with van der Waals surface area (Å²) in [4.78, 5) is 49.2. The zero-order valence-corrected chi connectivity index (χ0v) is 28.5. The highest BCUT2D eigenvalue weighted by Gasteiger charge is 2.75. The summed E-state index contributed by atoms with van der Waals surface area (Å²) in [5.41, 5.74) is 0.846. The predicted octanol–water partition coefficient (Wildman–Crippen LogP) is 3.80. The lowest BCUT2D eigenvalue weighted by atomic mass is 9.70. The number of rotatable bonds is 15. The number of amides is 3. The molecule has 3 amide bonds. The molecule has 49 heavy (non-hydrogen) atoms. The zero-order valence-electron chi connectivity index (χ0n) is 28.5. The molecule has 2 aromatic carbocycles. The molecule has 12 nitrogen and oxygen atoms in total. The number of nitrogens with zero attached hydrogens (tertiary/aromatic N) is 6. The molecule has 3 fully saturated rings. The van der Waals surface area contributed by atoms with Crippen LogP contribution in [0.5, 0.6) is 5.75 Å². The van der Waals surface area contributed by atoms with Gasteiger partial charge in [0.05, 0.1) is 42.7 Å². The molecule has 1 aromatic heterocycles. The van der Waals surface area contributed by atoms with Crippen molar-refractivity contribution in [2.75, 3.05) is 31.2 Å². The van der Waals surface area contributed by atoms with Crippen molar-refractivity contribution >= 4 is 34.4 Å². The van der Waals surface area contributed by atoms with Crippen LogP contribution in [-0.2, 0) is 25.8 Å². The fourth-order valence-corrected chi connectivity index (χ4v) is 8.07. The first kappa shape index (κ1) is 34.3. The number of benzene rings is 2. The van der Waals surface area contributed by atoms with E-state index in [-0.39, 0.29) is 50.0 Å². The molecule has 3 aliphatic heterocycles. The van der Waals surface area contributed by atoms with Gasteiger partial charge in [-0.2, -0.15) is 0 Å². The minimum atomic E-state index is -1.25. The number of aliphatic hydroxyl groups is 1. The van der Waals surface area contributed by atoms with E-state index >= 15 is 0 Å². The number of ether oxygens (including phenoxy) is 2. The lowest BCUT2D eigenvalue weighted by molar-refractivity contribution is -0.153. The van der Waals surface area contributed by atoms with Crippen molar-refractivity contribution in [3.8, 4) is 5.75 Å². The van der Waals surface area contributed by atoms with Gasteiger partial charge >= 0.3 is 0 Å². The van der Waals surface area contributed by atoms with Crippen LogP contribution in [0.1, 0.15) is 40.0 Å². The van der Waals surface area contributed by atoms with E-state index in [4.69, 9.17) is 9.47 Å². The summed E-state index contributed by atoms with van der Waals surface area (Å²) in [6, 6.07) is 13.0. The quantitative estimate of drug-likeness (QED) is 0.242. The molecule has 0 aliphatic carbocycles. The van der Waals surface area contributed by atoms with E-state index in [1.807, 2.05) is 69.3 Å². The maximum atomic E-state index is 15.0. The molecule has 1 N–H and O–H groups in total. The standard InChI is InChI=1S/C37H46N6O6/c1-6-20-40(23-42-28-13-11-10-12-27(28)38-39-42)36(47)33-37-19-18-30(49-37)31(32(37)35(46)43(33)29(22-44)24(5)8-3)34(45)41(21-7-2)25-14-16-26(17-15-25)48-9-4/h6-7,10-17,24,29-33,44H,1-2,8-9,18-23H2,3-5H3/t24-,29-,30-,31+,32-,33?,37?/m0/s1. The third kappa shape index (κ3) is 5.80. The molecule has 260 valence electrons. The first-order chi connectivity index (χ1) is 23.7. The second kappa shape index (κ2) is 14.1. The third-order valence-electron chi connectivity index (χ3n) is 10.5. The molecule has 12 heteroatoms. The molecule has 4 heterocycles. The molecular formula is C37H46N6O6. The Morgan fingerprint density at radius 2 is 1.86 bits per heavy atom. The van der Waals surface area contributed by atoms with Crippen LogP contribution in [0.15, 0.2) is 73.8 Å². The van der Waals surface area contributed by atoms with Crippen molar-refractivity contribution in [1.82, 2.24) is 24.8 Å². The minimum absolute atomic E-state index is 0.0639. The molecule has 2 unspecified atom stereocenters. The van der Waals surface area contributed by atoms with Gasteiger partial charge in [-0.25, -0.2) is 4.68 Å². The summed E-state index contributed by atoms with van der Waals surface area (Å²) in [5.74, 6) is -2.11. The van der Waals surface area contributed by atoms with Crippen molar-refractivity contribution in [1.29, 1.82) is 0 Å². The van der Waals surface area contributed by atoms with Crippen molar-refractivity contribution in [2.24, 2.45) is 17.8 Å². The predicted molar refractivity (Wildman–Crippen MR) is 184 cm³/mol. The largest absolute Gasteiger partial charge is 0.494 e. The van der Waals surface area contributed by atoms with Gasteiger partial charge in [0, 0.05) is 18.8 Å². The molecule has 0 saturated carbocycles. The first-order valence-electron chi connectivity index (χ1n) is 17.2. The van der Waals surface area contributed by atoms with Crippen LogP contribution in [0.2, 0.25) is 0 Å². The Kier molecular flexibility index (Phi) is 9.89. The van der Waals surface area contributed by atoms with E-state index in [9.17, 15) is 19.5 Å². The average Bonchev–Trinajstić information content (AvgIpc) is 3.87. The van der Waals surface area contributed by atoms with E-state index in [1.54, 1.807) is 31.5 Å². The molecule has 1 spiro atoms. The smallest absolute Gasteiger partial charge is 0.250 e. The number of aromatic nitrogens is 3. The number of hydrogen-bond donors (Lipinski definition) is 1. The van der Waals surface area contributed by atoms with Gasteiger partial charge < -0.3 is 29.3 Å².